The van der Waals surface area contributed by atoms with Gasteiger partial charge in [0.25, 0.3) is 5.91 Å². The molecule has 1 aliphatic heterocycles. The van der Waals surface area contributed by atoms with E-state index in [1.807, 2.05) is 18.2 Å². The molecule has 0 aromatic heterocycles. The zero-order chi connectivity index (χ0) is 19.4. The standard InChI is InChI=1S/C19H25N3O5/c1-26-14-6-5-13(11-15(14)27-2)7-10-20-16(23)12-22-17(24)19(21-18(22)25)8-3-4-9-19/h5-6,11H,3-4,7-10,12H2,1-2H3,(H,20,23)(H,21,25). The van der Waals surface area contributed by atoms with E-state index in [-0.39, 0.29) is 18.4 Å². The fourth-order valence-corrected chi connectivity index (χ4v) is 3.72. The molecule has 1 aliphatic carbocycles. The number of nitrogens with one attached hydrogen (secondary N) is 2. The van der Waals surface area contributed by atoms with Crippen LogP contribution in [0.4, 0.5) is 4.79 Å². The third-order valence-electron chi connectivity index (χ3n) is 5.19. The summed E-state index contributed by atoms with van der Waals surface area (Å²) in [6.45, 7) is 0.140. The van der Waals surface area contributed by atoms with Crippen LogP contribution in [0.2, 0.25) is 0 Å². The van der Waals surface area contributed by atoms with E-state index in [2.05, 4.69) is 10.6 Å². The second-order valence-corrected chi connectivity index (χ2v) is 6.90. The number of ether oxygens (including phenoxy) is 2. The van der Waals surface area contributed by atoms with E-state index in [1.165, 1.54) is 0 Å². The van der Waals surface area contributed by atoms with Gasteiger partial charge in [-0.05, 0) is 37.0 Å². The molecule has 1 aromatic rings. The Labute approximate surface area is 158 Å². The van der Waals surface area contributed by atoms with Crippen molar-refractivity contribution in [1.82, 2.24) is 15.5 Å². The van der Waals surface area contributed by atoms with Crippen molar-refractivity contribution in [3.63, 3.8) is 0 Å². The summed E-state index contributed by atoms with van der Waals surface area (Å²) in [5, 5.41) is 5.53. The lowest BCUT2D eigenvalue weighted by molar-refractivity contribution is -0.134. The molecule has 0 radical (unpaired) electrons. The molecule has 2 aliphatic rings. The molecule has 1 saturated carbocycles. The summed E-state index contributed by atoms with van der Waals surface area (Å²) in [5.41, 5.74) is 0.199. The molecular formula is C19H25N3O5. The predicted octanol–water partition coefficient (Wildman–Crippen LogP) is 1.23. The summed E-state index contributed by atoms with van der Waals surface area (Å²) in [6.07, 6.45) is 3.72. The molecule has 1 heterocycles. The maximum Gasteiger partial charge on any atom is 0.325 e. The van der Waals surface area contributed by atoms with Crippen molar-refractivity contribution < 1.29 is 23.9 Å². The number of hydrogen-bond donors (Lipinski definition) is 2. The lowest BCUT2D eigenvalue weighted by Crippen LogP contribution is -2.45. The molecule has 0 unspecified atom stereocenters. The highest BCUT2D eigenvalue weighted by Crippen LogP contribution is 2.34. The van der Waals surface area contributed by atoms with E-state index >= 15 is 0 Å². The molecule has 2 fully saturated rings. The minimum atomic E-state index is -0.781. The van der Waals surface area contributed by atoms with Crippen molar-refractivity contribution in [2.75, 3.05) is 27.3 Å². The van der Waals surface area contributed by atoms with Crippen LogP contribution in [0, 0.1) is 0 Å². The Bertz CT molecular complexity index is 743. The highest BCUT2D eigenvalue weighted by Gasteiger charge is 2.52. The van der Waals surface area contributed by atoms with Crippen LogP contribution in [0.15, 0.2) is 18.2 Å². The van der Waals surface area contributed by atoms with Crippen molar-refractivity contribution >= 4 is 17.8 Å². The van der Waals surface area contributed by atoms with Crippen molar-refractivity contribution in [2.24, 2.45) is 0 Å². The average molecular weight is 375 g/mol. The number of carbonyl (C=O) groups is 3. The molecule has 0 atom stereocenters. The molecule has 1 saturated heterocycles. The quantitative estimate of drug-likeness (QED) is 0.699. The number of rotatable bonds is 7. The fraction of sp³-hybridized carbons (Fsp3) is 0.526. The van der Waals surface area contributed by atoms with Gasteiger partial charge in [0.15, 0.2) is 11.5 Å². The predicted molar refractivity (Wildman–Crippen MR) is 97.7 cm³/mol. The number of nitrogens with zero attached hydrogens (tertiary/aromatic N) is 1. The Kier molecular flexibility index (Phi) is 5.53. The van der Waals surface area contributed by atoms with Crippen LogP contribution in [-0.4, -0.2) is 55.6 Å². The van der Waals surface area contributed by atoms with Gasteiger partial charge in [-0.15, -0.1) is 0 Å². The number of hydrogen-bond acceptors (Lipinski definition) is 5. The van der Waals surface area contributed by atoms with E-state index in [0.29, 0.717) is 37.3 Å². The van der Waals surface area contributed by atoms with Crippen molar-refractivity contribution in [1.29, 1.82) is 0 Å². The van der Waals surface area contributed by atoms with Crippen LogP contribution in [0.1, 0.15) is 31.2 Å². The smallest absolute Gasteiger partial charge is 0.325 e. The SMILES string of the molecule is COc1ccc(CCNC(=O)CN2C(=O)NC3(CCCC3)C2=O)cc1OC. The molecule has 8 nitrogen and oxygen atoms in total. The zero-order valence-corrected chi connectivity index (χ0v) is 15.7. The first kappa shape index (κ1) is 19.0. The van der Waals surface area contributed by atoms with Gasteiger partial charge >= 0.3 is 6.03 Å². The van der Waals surface area contributed by atoms with Gasteiger partial charge in [0.1, 0.15) is 12.1 Å². The van der Waals surface area contributed by atoms with Gasteiger partial charge in [-0.1, -0.05) is 18.9 Å². The number of imide groups is 1. The Balaban J connectivity index is 1.50. The van der Waals surface area contributed by atoms with Crippen LogP contribution >= 0.6 is 0 Å². The van der Waals surface area contributed by atoms with Gasteiger partial charge in [-0.3, -0.25) is 14.5 Å². The van der Waals surface area contributed by atoms with Crippen LogP contribution in [0.3, 0.4) is 0 Å². The summed E-state index contributed by atoms with van der Waals surface area (Å²) < 4.78 is 10.5. The molecule has 0 bridgehead atoms. The maximum absolute atomic E-state index is 12.5. The fourth-order valence-electron chi connectivity index (χ4n) is 3.72. The third kappa shape index (κ3) is 3.84. The maximum atomic E-state index is 12.5. The minimum absolute atomic E-state index is 0.252. The number of amides is 4. The topological polar surface area (TPSA) is 97.0 Å². The van der Waals surface area contributed by atoms with E-state index < -0.39 is 11.6 Å². The first-order chi connectivity index (χ1) is 13.0. The Morgan fingerprint density at radius 3 is 2.56 bits per heavy atom. The average Bonchev–Trinajstić information content (AvgIpc) is 3.22. The number of benzene rings is 1. The Morgan fingerprint density at radius 2 is 1.89 bits per heavy atom. The molecule has 27 heavy (non-hydrogen) atoms. The van der Waals surface area contributed by atoms with Gasteiger partial charge in [0.05, 0.1) is 14.2 Å². The van der Waals surface area contributed by atoms with Gasteiger partial charge in [-0.25, -0.2) is 4.79 Å². The molecule has 8 heteroatoms. The van der Waals surface area contributed by atoms with Gasteiger partial charge in [0.2, 0.25) is 5.91 Å². The minimum Gasteiger partial charge on any atom is -0.493 e. The molecule has 146 valence electrons. The Hall–Kier alpha value is -2.77. The van der Waals surface area contributed by atoms with E-state index in [9.17, 15) is 14.4 Å². The van der Waals surface area contributed by atoms with E-state index in [4.69, 9.17) is 9.47 Å². The molecule has 2 N–H and O–H groups in total. The van der Waals surface area contributed by atoms with E-state index in [0.717, 1.165) is 23.3 Å². The monoisotopic (exact) mass is 375 g/mol. The number of carbonyl (C=O) groups excluding carboxylic acids is 3. The van der Waals surface area contributed by atoms with Crippen LogP contribution < -0.4 is 20.1 Å². The molecule has 1 aromatic carbocycles. The summed E-state index contributed by atoms with van der Waals surface area (Å²) >= 11 is 0. The number of methoxy groups -OCH3 is 2. The summed E-state index contributed by atoms with van der Waals surface area (Å²) in [6, 6.07) is 5.09. The van der Waals surface area contributed by atoms with E-state index in [1.54, 1.807) is 14.2 Å². The van der Waals surface area contributed by atoms with Crippen LogP contribution in [-0.2, 0) is 16.0 Å². The highest BCUT2D eigenvalue weighted by atomic mass is 16.5. The molecule has 1 spiro atoms. The zero-order valence-electron chi connectivity index (χ0n) is 15.7. The summed E-state index contributed by atoms with van der Waals surface area (Å²) in [5.74, 6) is 0.640. The van der Waals surface area contributed by atoms with Crippen molar-refractivity contribution in [3.05, 3.63) is 23.8 Å². The Morgan fingerprint density at radius 1 is 1.19 bits per heavy atom. The first-order valence-corrected chi connectivity index (χ1v) is 9.11. The van der Waals surface area contributed by atoms with Crippen molar-refractivity contribution in [3.8, 4) is 11.5 Å². The molecule has 4 amide bonds. The molecular weight excluding hydrogens is 350 g/mol. The first-order valence-electron chi connectivity index (χ1n) is 9.11. The van der Waals surface area contributed by atoms with Gasteiger partial charge < -0.3 is 20.1 Å². The third-order valence-corrected chi connectivity index (χ3v) is 5.19. The lowest BCUT2D eigenvalue weighted by Gasteiger charge is -2.19. The largest absolute Gasteiger partial charge is 0.493 e. The number of urea groups is 1. The lowest BCUT2D eigenvalue weighted by atomic mass is 9.98. The highest BCUT2D eigenvalue weighted by molar-refractivity contribution is 6.09. The second-order valence-electron chi connectivity index (χ2n) is 6.90. The van der Waals surface area contributed by atoms with Crippen LogP contribution in [0.25, 0.3) is 0 Å². The van der Waals surface area contributed by atoms with Gasteiger partial charge in [-0.2, -0.15) is 0 Å². The second kappa shape index (κ2) is 7.85. The normalized spacial score (nSPS) is 17.9. The van der Waals surface area contributed by atoms with Gasteiger partial charge in [0, 0.05) is 6.54 Å². The van der Waals surface area contributed by atoms with Crippen molar-refractivity contribution in [2.45, 2.75) is 37.6 Å². The molecule has 3 rings (SSSR count). The van der Waals surface area contributed by atoms with Crippen LogP contribution in [0.5, 0.6) is 11.5 Å². The summed E-state index contributed by atoms with van der Waals surface area (Å²) in [4.78, 5) is 37.8. The summed E-state index contributed by atoms with van der Waals surface area (Å²) in [7, 11) is 3.14.